The van der Waals surface area contributed by atoms with Crippen molar-refractivity contribution in [2.45, 2.75) is 19.3 Å². The molecule has 0 radical (unpaired) electrons. The molecule has 3 nitrogen and oxygen atoms in total. The third-order valence-corrected chi connectivity index (χ3v) is 2.77. The number of amides is 1. The van der Waals surface area contributed by atoms with E-state index >= 15 is 0 Å². The minimum absolute atomic E-state index is 0.101. The van der Waals surface area contributed by atoms with Crippen LogP contribution in [0.5, 0.6) is 0 Å². The molecule has 1 amide bonds. The van der Waals surface area contributed by atoms with Gasteiger partial charge in [-0.05, 0) is 30.5 Å². The van der Waals surface area contributed by atoms with Crippen molar-refractivity contribution in [2.75, 3.05) is 13.6 Å². The van der Waals surface area contributed by atoms with Crippen LogP contribution in [0.1, 0.15) is 24.0 Å². The number of carbonyl (C=O) groups is 1. The average molecular weight is 242 g/mol. The fourth-order valence-electron chi connectivity index (χ4n) is 1.60. The Morgan fingerprint density at radius 3 is 2.67 bits per heavy atom. The van der Waals surface area contributed by atoms with Crippen LogP contribution in [0.4, 0.5) is 0 Å². The van der Waals surface area contributed by atoms with Gasteiger partial charge < -0.3 is 4.90 Å². The molecule has 0 fully saturated rings. The summed E-state index contributed by atoms with van der Waals surface area (Å²) in [6.07, 6.45) is 4.11. The number of unbranched alkanes of at least 4 members (excludes halogenated alkanes) is 1. The lowest BCUT2D eigenvalue weighted by molar-refractivity contribution is -0.129. The second kappa shape index (κ2) is 7.29. The normalized spacial score (nSPS) is 9.56. The summed E-state index contributed by atoms with van der Waals surface area (Å²) in [6.45, 7) is 4.41. The van der Waals surface area contributed by atoms with Crippen LogP contribution in [0.3, 0.4) is 0 Å². The standard InChI is InChI=1S/C15H18N2O/c1-3-4-5-10-17(2)15(18)11-13-6-8-14(12-16)9-7-13/h3,6-9H,1,4-5,10-11H2,2H3. The van der Waals surface area contributed by atoms with Gasteiger partial charge in [0.05, 0.1) is 18.1 Å². The molecule has 0 bridgehead atoms. The molecule has 1 aromatic carbocycles. The van der Waals surface area contributed by atoms with E-state index < -0.39 is 0 Å². The molecule has 1 aromatic rings. The number of allylic oxidation sites excluding steroid dienone is 1. The number of hydrogen-bond donors (Lipinski definition) is 0. The number of likely N-dealkylation sites (N-methyl/N-ethyl adjacent to an activating group) is 1. The zero-order valence-electron chi connectivity index (χ0n) is 10.7. The van der Waals surface area contributed by atoms with E-state index in [0.717, 1.165) is 24.9 Å². The largest absolute Gasteiger partial charge is 0.345 e. The van der Waals surface area contributed by atoms with Gasteiger partial charge in [0.15, 0.2) is 0 Å². The maximum Gasteiger partial charge on any atom is 0.226 e. The Hall–Kier alpha value is -2.08. The van der Waals surface area contributed by atoms with E-state index in [1.807, 2.05) is 25.3 Å². The molecule has 0 atom stereocenters. The van der Waals surface area contributed by atoms with Crippen molar-refractivity contribution in [1.29, 1.82) is 5.26 Å². The van der Waals surface area contributed by atoms with Crippen molar-refractivity contribution in [3.05, 3.63) is 48.0 Å². The quantitative estimate of drug-likeness (QED) is 0.568. The van der Waals surface area contributed by atoms with E-state index in [2.05, 4.69) is 12.6 Å². The Morgan fingerprint density at radius 1 is 1.44 bits per heavy atom. The molecular formula is C15H18N2O. The summed E-state index contributed by atoms with van der Waals surface area (Å²) < 4.78 is 0. The molecule has 0 unspecified atom stereocenters. The van der Waals surface area contributed by atoms with Crippen LogP contribution in [-0.2, 0) is 11.2 Å². The van der Waals surface area contributed by atoms with Gasteiger partial charge in [-0.2, -0.15) is 5.26 Å². The minimum Gasteiger partial charge on any atom is -0.345 e. The van der Waals surface area contributed by atoms with Crippen LogP contribution in [-0.4, -0.2) is 24.4 Å². The Morgan fingerprint density at radius 2 is 2.11 bits per heavy atom. The molecule has 1 rings (SSSR count). The summed E-state index contributed by atoms with van der Waals surface area (Å²) >= 11 is 0. The van der Waals surface area contributed by atoms with E-state index in [-0.39, 0.29) is 5.91 Å². The smallest absolute Gasteiger partial charge is 0.226 e. The summed E-state index contributed by atoms with van der Waals surface area (Å²) in [5.74, 6) is 0.101. The molecule has 0 heterocycles. The first-order chi connectivity index (χ1) is 8.67. The van der Waals surface area contributed by atoms with Crippen molar-refractivity contribution >= 4 is 5.91 Å². The maximum atomic E-state index is 11.9. The molecule has 0 N–H and O–H groups in total. The molecule has 0 aliphatic heterocycles. The molecule has 94 valence electrons. The van der Waals surface area contributed by atoms with Gasteiger partial charge in [0, 0.05) is 13.6 Å². The molecule has 0 aliphatic rings. The van der Waals surface area contributed by atoms with Gasteiger partial charge in [-0.25, -0.2) is 0 Å². The lowest BCUT2D eigenvalue weighted by Gasteiger charge is -2.16. The van der Waals surface area contributed by atoms with Crippen LogP contribution >= 0.6 is 0 Å². The van der Waals surface area contributed by atoms with Gasteiger partial charge >= 0.3 is 0 Å². The Bertz CT molecular complexity index is 443. The predicted octanol–water partition coefficient (Wildman–Crippen LogP) is 2.53. The van der Waals surface area contributed by atoms with E-state index in [1.165, 1.54) is 0 Å². The number of hydrogen-bond acceptors (Lipinski definition) is 2. The minimum atomic E-state index is 0.101. The number of rotatable bonds is 6. The highest BCUT2D eigenvalue weighted by Crippen LogP contribution is 2.06. The molecular weight excluding hydrogens is 224 g/mol. The van der Waals surface area contributed by atoms with Crippen molar-refractivity contribution in [2.24, 2.45) is 0 Å². The molecule has 3 heteroatoms. The van der Waals surface area contributed by atoms with Crippen molar-refractivity contribution in [3.63, 3.8) is 0 Å². The van der Waals surface area contributed by atoms with Gasteiger partial charge in [0.25, 0.3) is 0 Å². The molecule has 0 spiro atoms. The zero-order chi connectivity index (χ0) is 13.4. The lowest BCUT2D eigenvalue weighted by atomic mass is 10.1. The number of nitriles is 1. The first kappa shape index (κ1) is 14.0. The molecule has 0 aromatic heterocycles. The zero-order valence-corrected chi connectivity index (χ0v) is 10.7. The number of nitrogens with zero attached hydrogens (tertiary/aromatic N) is 2. The van der Waals surface area contributed by atoms with E-state index in [4.69, 9.17) is 5.26 Å². The molecule has 0 saturated heterocycles. The second-order valence-electron chi connectivity index (χ2n) is 4.23. The van der Waals surface area contributed by atoms with Crippen LogP contribution in [0.25, 0.3) is 0 Å². The predicted molar refractivity (Wildman–Crippen MR) is 71.9 cm³/mol. The van der Waals surface area contributed by atoms with E-state index in [9.17, 15) is 4.79 Å². The Balaban J connectivity index is 2.47. The number of benzene rings is 1. The third-order valence-electron chi connectivity index (χ3n) is 2.77. The summed E-state index contributed by atoms with van der Waals surface area (Å²) in [5, 5.41) is 8.69. The van der Waals surface area contributed by atoms with Gasteiger partial charge in [-0.15, -0.1) is 6.58 Å². The molecule has 0 aliphatic carbocycles. The lowest BCUT2D eigenvalue weighted by Crippen LogP contribution is -2.29. The van der Waals surface area contributed by atoms with Crippen LogP contribution in [0.15, 0.2) is 36.9 Å². The monoisotopic (exact) mass is 242 g/mol. The first-order valence-electron chi connectivity index (χ1n) is 6.01. The molecule has 18 heavy (non-hydrogen) atoms. The first-order valence-corrected chi connectivity index (χ1v) is 6.01. The maximum absolute atomic E-state index is 11.9. The summed E-state index contributed by atoms with van der Waals surface area (Å²) in [7, 11) is 1.81. The van der Waals surface area contributed by atoms with Gasteiger partial charge in [0.1, 0.15) is 0 Å². The molecule has 0 saturated carbocycles. The van der Waals surface area contributed by atoms with Crippen LogP contribution in [0, 0.1) is 11.3 Å². The highest BCUT2D eigenvalue weighted by molar-refractivity contribution is 5.78. The van der Waals surface area contributed by atoms with Crippen LogP contribution < -0.4 is 0 Å². The van der Waals surface area contributed by atoms with Crippen molar-refractivity contribution in [3.8, 4) is 6.07 Å². The topological polar surface area (TPSA) is 44.1 Å². The Kier molecular flexibility index (Phi) is 5.66. The van der Waals surface area contributed by atoms with Crippen molar-refractivity contribution in [1.82, 2.24) is 4.90 Å². The van der Waals surface area contributed by atoms with Gasteiger partial charge in [-0.3, -0.25) is 4.79 Å². The fraction of sp³-hybridized carbons (Fsp3) is 0.333. The summed E-state index contributed by atoms with van der Waals surface area (Å²) in [5.41, 5.74) is 1.56. The summed E-state index contributed by atoms with van der Waals surface area (Å²) in [4.78, 5) is 13.6. The van der Waals surface area contributed by atoms with Gasteiger partial charge in [-0.1, -0.05) is 18.2 Å². The summed E-state index contributed by atoms with van der Waals surface area (Å²) in [6, 6.07) is 9.19. The highest BCUT2D eigenvalue weighted by atomic mass is 16.2. The number of carbonyl (C=O) groups excluding carboxylic acids is 1. The van der Waals surface area contributed by atoms with E-state index in [1.54, 1.807) is 17.0 Å². The Labute approximate surface area is 108 Å². The van der Waals surface area contributed by atoms with Crippen molar-refractivity contribution < 1.29 is 4.79 Å². The van der Waals surface area contributed by atoms with Gasteiger partial charge in [0.2, 0.25) is 5.91 Å². The highest BCUT2D eigenvalue weighted by Gasteiger charge is 2.08. The van der Waals surface area contributed by atoms with Crippen LogP contribution in [0.2, 0.25) is 0 Å². The average Bonchev–Trinajstić information content (AvgIpc) is 2.39. The third kappa shape index (κ3) is 4.42. The SMILES string of the molecule is C=CCCCN(C)C(=O)Cc1ccc(C#N)cc1. The second-order valence-corrected chi connectivity index (χ2v) is 4.23. The van der Waals surface area contributed by atoms with E-state index in [0.29, 0.717) is 12.0 Å². The fourth-order valence-corrected chi connectivity index (χ4v) is 1.60.